The molecule has 0 saturated carbocycles. The number of rotatable bonds is 3. The van der Waals surface area contributed by atoms with E-state index in [0.29, 0.717) is 26.9 Å². The number of methoxy groups -OCH3 is 1. The summed E-state index contributed by atoms with van der Waals surface area (Å²) < 4.78 is 6.78. The molecule has 0 radical (unpaired) electrons. The first-order valence-electron chi connectivity index (χ1n) is 8.05. The van der Waals surface area contributed by atoms with Crippen molar-refractivity contribution in [2.45, 2.75) is 6.92 Å². The van der Waals surface area contributed by atoms with Crippen LogP contribution in [0.5, 0.6) is 5.75 Å². The molecule has 2 heterocycles. The maximum atomic E-state index is 12.7. The number of nitrogens with one attached hydrogen (secondary N) is 1. The van der Waals surface area contributed by atoms with Crippen LogP contribution in [0.2, 0.25) is 5.02 Å². The number of hydrogen-bond donors (Lipinski definition) is 1. The first kappa shape index (κ1) is 17.5. The molecule has 0 aliphatic heterocycles. The van der Waals surface area contributed by atoms with E-state index in [4.69, 9.17) is 16.3 Å². The van der Waals surface area contributed by atoms with Crippen LogP contribution in [-0.4, -0.2) is 22.4 Å². The second-order valence-corrected chi connectivity index (χ2v) is 7.34. The smallest absolute Gasteiger partial charge is 0.266 e. The number of halogens is 1. The second kappa shape index (κ2) is 6.68. The summed E-state index contributed by atoms with van der Waals surface area (Å²) in [5.41, 5.74) is 2.41. The Morgan fingerprint density at radius 3 is 2.81 bits per heavy atom. The largest absolute Gasteiger partial charge is 0.495 e. The standard InChI is InChI=1S/C19H14ClN3O3S/c1-10-7-13(15(26-2)8-11(10)20)21-18(25)16-9-17(24)23-14-6-4-3-5-12(14)22-19(23)27-16/h3-9H,1-2H3,(H,21,25). The lowest BCUT2D eigenvalue weighted by Crippen LogP contribution is -2.17. The van der Waals surface area contributed by atoms with Gasteiger partial charge >= 0.3 is 0 Å². The molecule has 1 amide bonds. The van der Waals surface area contributed by atoms with E-state index in [9.17, 15) is 9.59 Å². The third kappa shape index (κ3) is 3.05. The van der Waals surface area contributed by atoms with Gasteiger partial charge in [-0.1, -0.05) is 35.1 Å². The van der Waals surface area contributed by atoms with Crippen molar-refractivity contribution in [1.29, 1.82) is 0 Å². The fraction of sp³-hybridized carbons (Fsp3) is 0.105. The van der Waals surface area contributed by atoms with Gasteiger partial charge in [0.2, 0.25) is 0 Å². The van der Waals surface area contributed by atoms with Crippen LogP contribution in [0.4, 0.5) is 5.69 Å². The Balaban J connectivity index is 1.77. The number of aryl methyl sites for hydroxylation is 1. The minimum absolute atomic E-state index is 0.262. The van der Waals surface area contributed by atoms with Gasteiger partial charge in [-0.2, -0.15) is 0 Å². The normalized spacial score (nSPS) is 11.1. The highest BCUT2D eigenvalue weighted by atomic mass is 35.5. The lowest BCUT2D eigenvalue weighted by molar-refractivity contribution is 0.103. The number of hydrogen-bond acceptors (Lipinski definition) is 5. The van der Waals surface area contributed by atoms with Gasteiger partial charge in [0.25, 0.3) is 11.5 Å². The predicted molar refractivity (Wildman–Crippen MR) is 108 cm³/mol. The fourth-order valence-electron chi connectivity index (χ4n) is 2.82. The highest BCUT2D eigenvalue weighted by molar-refractivity contribution is 7.18. The van der Waals surface area contributed by atoms with Crippen molar-refractivity contribution in [2.24, 2.45) is 0 Å². The third-order valence-electron chi connectivity index (χ3n) is 4.16. The minimum Gasteiger partial charge on any atom is -0.495 e. The van der Waals surface area contributed by atoms with Gasteiger partial charge in [-0.15, -0.1) is 0 Å². The van der Waals surface area contributed by atoms with Gasteiger partial charge in [-0.05, 0) is 30.7 Å². The number of anilines is 1. The molecule has 2 aromatic heterocycles. The van der Waals surface area contributed by atoms with E-state index in [1.165, 1.54) is 17.6 Å². The topological polar surface area (TPSA) is 72.7 Å². The van der Waals surface area contributed by atoms with Crippen molar-refractivity contribution in [3.63, 3.8) is 0 Å². The lowest BCUT2D eigenvalue weighted by Gasteiger charge is -2.12. The third-order valence-corrected chi connectivity index (χ3v) is 5.55. The Morgan fingerprint density at radius 1 is 1.26 bits per heavy atom. The number of carbonyl (C=O) groups excluding carboxylic acids is 1. The zero-order chi connectivity index (χ0) is 19.1. The van der Waals surface area contributed by atoms with Crippen LogP contribution in [-0.2, 0) is 0 Å². The first-order chi connectivity index (χ1) is 13.0. The van der Waals surface area contributed by atoms with Crippen LogP contribution in [0.1, 0.15) is 15.2 Å². The van der Waals surface area contributed by atoms with Crippen molar-refractivity contribution in [2.75, 3.05) is 12.4 Å². The highest BCUT2D eigenvalue weighted by Crippen LogP contribution is 2.31. The van der Waals surface area contributed by atoms with Crippen molar-refractivity contribution in [3.8, 4) is 5.75 Å². The van der Waals surface area contributed by atoms with Gasteiger partial charge in [0.05, 0.1) is 23.8 Å². The summed E-state index contributed by atoms with van der Waals surface area (Å²) in [4.78, 5) is 30.5. The Labute approximate surface area is 163 Å². The Hall–Kier alpha value is -2.90. The number of para-hydroxylation sites is 2. The summed E-state index contributed by atoms with van der Waals surface area (Å²) >= 11 is 7.25. The average Bonchev–Trinajstić information content (AvgIpc) is 3.03. The second-order valence-electron chi connectivity index (χ2n) is 5.92. The van der Waals surface area contributed by atoms with Gasteiger partial charge in [0, 0.05) is 17.2 Å². The molecule has 2 aromatic carbocycles. The summed E-state index contributed by atoms with van der Waals surface area (Å²) in [6, 6.07) is 12.0. The van der Waals surface area contributed by atoms with Crippen molar-refractivity contribution < 1.29 is 9.53 Å². The number of carbonyl (C=O) groups is 1. The van der Waals surface area contributed by atoms with Crippen LogP contribution in [0.3, 0.4) is 0 Å². The summed E-state index contributed by atoms with van der Waals surface area (Å²) in [6.45, 7) is 1.83. The molecule has 0 bridgehead atoms. The number of fused-ring (bicyclic) bond motifs is 3. The molecule has 0 fully saturated rings. The van der Waals surface area contributed by atoms with E-state index in [0.717, 1.165) is 22.4 Å². The van der Waals surface area contributed by atoms with Crippen molar-refractivity contribution in [1.82, 2.24) is 9.38 Å². The molecule has 0 aliphatic carbocycles. The van der Waals surface area contributed by atoms with Gasteiger partial charge in [-0.25, -0.2) is 4.98 Å². The quantitative estimate of drug-likeness (QED) is 0.562. The number of benzene rings is 2. The molecule has 1 N–H and O–H groups in total. The SMILES string of the molecule is COc1cc(Cl)c(C)cc1NC(=O)c1cc(=O)n2c(nc3ccccc32)s1. The molecule has 0 aliphatic rings. The molecule has 4 aromatic rings. The van der Waals surface area contributed by atoms with Crippen LogP contribution < -0.4 is 15.6 Å². The summed E-state index contributed by atoms with van der Waals surface area (Å²) in [5, 5.41) is 3.33. The minimum atomic E-state index is -0.410. The Morgan fingerprint density at radius 2 is 2.04 bits per heavy atom. The fourth-order valence-corrected chi connectivity index (χ4v) is 3.89. The molecular weight excluding hydrogens is 386 g/mol. The molecule has 0 atom stereocenters. The van der Waals surface area contributed by atoms with E-state index < -0.39 is 5.91 Å². The van der Waals surface area contributed by atoms with E-state index >= 15 is 0 Å². The van der Waals surface area contributed by atoms with Crippen LogP contribution in [0.25, 0.3) is 16.0 Å². The summed E-state index contributed by atoms with van der Waals surface area (Å²) in [5.74, 6) is 0.0330. The molecule has 6 nitrogen and oxygen atoms in total. The molecule has 27 heavy (non-hydrogen) atoms. The highest BCUT2D eigenvalue weighted by Gasteiger charge is 2.16. The average molecular weight is 400 g/mol. The molecule has 0 saturated heterocycles. The number of imidazole rings is 1. The molecular formula is C19H14ClN3O3S. The zero-order valence-electron chi connectivity index (χ0n) is 14.4. The zero-order valence-corrected chi connectivity index (χ0v) is 16.0. The van der Waals surface area contributed by atoms with Crippen molar-refractivity contribution >= 4 is 50.5 Å². The van der Waals surface area contributed by atoms with Gasteiger partial charge in [0.1, 0.15) is 10.6 Å². The van der Waals surface area contributed by atoms with E-state index in [1.54, 1.807) is 12.1 Å². The monoisotopic (exact) mass is 399 g/mol. The molecule has 0 spiro atoms. The molecule has 136 valence electrons. The van der Waals surface area contributed by atoms with Crippen LogP contribution >= 0.6 is 22.9 Å². The lowest BCUT2D eigenvalue weighted by atomic mass is 10.2. The number of nitrogens with zero attached hydrogens (tertiary/aromatic N) is 2. The van der Waals surface area contributed by atoms with Crippen molar-refractivity contribution in [3.05, 3.63) is 68.3 Å². The Bertz CT molecular complexity index is 1260. The van der Waals surface area contributed by atoms with Gasteiger partial charge in [0.15, 0.2) is 4.96 Å². The number of ether oxygens (including phenoxy) is 1. The van der Waals surface area contributed by atoms with Crippen LogP contribution in [0.15, 0.2) is 47.3 Å². The van der Waals surface area contributed by atoms with E-state index in [-0.39, 0.29) is 10.4 Å². The van der Waals surface area contributed by atoms with Crippen LogP contribution in [0, 0.1) is 6.92 Å². The number of aromatic nitrogens is 2. The maximum Gasteiger partial charge on any atom is 0.266 e. The van der Waals surface area contributed by atoms with E-state index in [1.807, 2.05) is 31.2 Å². The van der Waals surface area contributed by atoms with E-state index in [2.05, 4.69) is 10.3 Å². The first-order valence-corrected chi connectivity index (χ1v) is 9.24. The molecule has 4 rings (SSSR count). The molecule has 0 unspecified atom stereocenters. The Kier molecular flexibility index (Phi) is 4.33. The predicted octanol–water partition coefficient (Wildman–Crippen LogP) is 4.13. The maximum absolute atomic E-state index is 12.7. The van der Waals surface area contributed by atoms with Gasteiger partial charge < -0.3 is 10.1 Å². The number of amides is 1. The summed E-state index contributed by atoms with van der Waals surface area (Å²) in [7, 11) is 1.50. The van der Waals surface area contributed by atoms with Gasteiger partial charge in [-0.3, -0.25) is 14.0 Å². The summed E-state index contributed by atoms with van der Waals surface area (Å²) in [6.07, 6.45) is 0. The molecule has 8 heteroatoms.